The van der Waals surface area contributed by atoms with Gasteiger partial charge in [-0.3, -0.25) is 9.69 Å². The number of carbonyl (C=O) groups excluding carboxylic acids is 1. The van der Waals surface area contributed by atoms with Crippen LogP contribution in [0.5, 0.6) is 5.75 Å². The summed E-state index contributed by atoms with van der Waals surface area (Å²) in [4.78, 5) is 23.3. The SMILES string of the molecule is CC(C)(C)c1cnc(CSc2cnc(NC(=O)Cc3cccc(OCCN4CCS(=O)(=O)CC4)c3)s2)o1. The zero-order chi connectivity index (χ0) is 26.5. The fourth-order valence-electron chi connectivity index (χ4n) is 3.60. The second kappa shape index (κ2) is 12.0. The fourth-order valence-corrected chi connectivity index (χ4v) is 6.62. The van der Waals surface area contributed by atoms with Gasteiger partial charge in [-0.1, -0.05) is 44.2 Å². The fraction of sp³-hybridized carbons (Fsp3) is 0.480. The number of aromatic nitrogens is 2. The van der Waals surface area contributed by atoms with Crippen molar-refractivity contribution in [1.29, 1.82) is 0 Å². The third kappa shape index (κ3) is 8.56. The first kappa shape index (κ1) is 27.6. The normalized spacial score (nSPS) is 16.0. The summed E-state index contributed by atoms with van der Waals surface area (Å²) < 4.78 is 35.7. The van der Waals surface area contributed by atoms with Crippen molar-refractivity contribution in [2.75, 3.05) is 43.1 Å². The lowest BCUT2D eigenvalue weighted by molar-refractivity contribution is -0.115. The van der Waals surface area contributed by atoms with E-state index in [2.05, 4.69) is 41.0 Å². The lowest BCUT2D eigenvalue weighted by Gasteiger charge is -2.26. The molecule has 0 bridgehead atoms. The number of hydrogen-bond acceptors (Lipinski definition) is 10. The molecule has 1 aromatic carbocycles. The number of hydrogen-bond donors (Lipinski definition) is 1. The Balaban J connectivity index is 1.20. The van der Waals surface area contributed by atoms with Gasteiger partial charge in [-0.05, 0) is 17.7 Å². The number of anilines is 1. The maximum absolute atomic E-state index is 12.6. The maximum atomic E-state index is 12.6. The molecule has 3 aromatic rings. The first-order chi connectivity index (χ1) is 17.6. The van der Waals surface area contributed by atoms with Gasteiger partial charge < -0.3 is 14.5 Å². The second-order valence-corrected chi connectivity index (χ2v) is 14.5. The number of thiazole rings is 1. The molecule has 0 spiro atoms. The number of carbonyl (C=O) groups is 1. The van der Waals surface area contributed by atoms with Gasteiger partial charge >= 0.3 is 0 Å². The number of nitrogens with one attached hydrogen (secondary N) is 1. The van der Waals surface area contributed by atoms with E-state index in [1.165, 1.54) is 11.3 Å². The largest absolute Gasteiger partial charge is 0.492 e. The maximum Gasteiger partial charge on any atom is 0.230 e. The van der Waals surface area contributed by atoms with Crippen molar-refractivity contribution in [1.82, 2.24) is 14.9 Å². The Kier molecular flexibility index (Phi) is 8.94. The van der Waals surface area contributed by atoms with Crippen LogP contribution >= 0.6 is 23.1 Å². The molecule has 12 heteroatoms. The van der Waals surface area contributed by atoms with E-state index in [1.54, 1.807) is 24.2 Å². The molecule has 3 heterocycles. The Morgan fingerprint density at radius 1 is 1.22 bits per heavy atom. The van der Waals surface area contributed by atoms with Crippen LogP contribution in [0.4, 0.5) is 5.13 Å². The highest BCUT2D eigenvalue weighted by Crippen LogP contribution is 2.32. The number of amides is 1. The van der Waals surface area contributed by atoms with Crippen LogP contribution in [0.2, 0.25) is 0 Å². The van der Waals surface area contributed by atoms with Gasteiger partial charge in [0.2, 0.25) is 11.8 Å². The van der Waals surface area contributed by atoms with Gasteiger partial charge in [0.25, 0.3) is 0 Å². The minimum absolute atomic E-state index is 0.0795. The number of thioether (sulfide) groups is 1. The summed E-state index contributed by atoms with van der Waals surface area (Å²) >= 11 is 2.98. The van der Waals surface area contributed by atoms with Crippen molar-refractivity contribution in [2.45, 2.75) is 42.6 Å². The van der Waals surface area contributed by atoms with Crippen LogP contribution in [-0.2, 0) is 32.2 Å². The van der Waals surface area contributed by atoms with Crippen LogP contribution in [0.15, 0.2) is 45.3 Å². The molecule has 0 aliphatic carbocycles. The van der Waals surface area contributed by atoms with Crippen molar-refractivity contribution in [3.8, 4) is 5.75 Å². The predicted octanol–water partition coefficient (Wildman–Crippen LogP) is 4.01. The first-order valence-corrected chi connectivity index (χ1v) is 15.7. The van der Waals surface area contributed by atoms with Gasteiger partial charge in [0.05, 0.1) is 40.3 Å². The highest BCUT2D eigenvalue weighted by Gasteiger charge is 2.21. The summed E-state index contributed by atoms with van der Waals surface area (Å²) in [7, 11) is -2.88. The molecule has 0 radical (unpaired) electrons. The third-order valence-corrected chi connectivity index (χ3v) is 9.44. The summed E-state index contributed by atoms with van der Waals surface area (Å²) in [5, 5.41) is 3.41. The molecule has 0 unspecified atom stereocenters. The number of sulfone groups is 1. The van der Waals surface area contributed by atoms with Gasteiger partial charge in [-0.25, -0.2) is 18.4 Å². The van der Waals surface area contributed by atoms with E-state index in [1.807, 2.05) is 24.3 Å². The van der Waals surface area contributed by atoms with Gasteiger partial charge in [0.15, 0.2) is 15.0 Å². The van der Waals surface area contributed by atoms with Crippen LogP contribution in [0, 0.1) is 0 Å². The number of ether oxygens (including phenoxy) is 1. The summed E-state index contributed by atoms with van der Waals surface area (Å²) in [6.45, 7) is 8.46. The number of rotatable bonds is 10. The summed E-state index contributed by atoms with van der Waals surface area (Å²) in [5.41, 5.74) is 0.757. The van der Waals surface area contributed by atoms with Crippen molar-refractivity contribution in [3.05, 3.63) is 53.9 Å². The number of nitrogens with zero attached hydrogens (tertiary/aromatic N) is 3. The molecule has 9 nitrogen and oxygen atoms in total. The monoisotopic (exact) mass is 564 g/mol. The van der Waals surface area contributed by atoms with E-state index >= 15 is 0 Å². The Bertz CT molecular complexity index is 1300. The zero-order valence-corrected chi connectivity index (χ0v) is 23.7. The molecule has 1 aliphatic rings. The highest BCUT2D eigenvalue weighted by molar-refractivity contribution is 8.00. The molecule has 37 heavy (non-hydrogen) atoms. The van der Waals surface area contributed by atoms with Crippen molar-refractivity contribution >= 4 is 44.0 Å². The van der Waals surface area contributed by atoms with Gasteiger partial charge in [-0.15, -0.1) is 11.8 Å². The van der Waals surface area contributed by atoms with E-state index in [-0.39, 0.29) is 29.2 Å². The van der Waals surface area contributed by atoms with E-state index in [0.717, 1.165) is 15.5 Å². The van der Waals surface area contributed by atoms with Crippen molar-refractivity contribution in [2.24, 2.45) is 0 Å². The van der Waals surface area contributed by atoms with Gasteiger partial charge in [-0.2, -0.15) is 0 Å². The smallest absolute Gasteiger partial charge is 0.230 e. The van der Waals surface area contributed by atoms with Gasteiger partial charge in [0.1, 0.15) is 18.1 Å². The molecular formula is C25H32N4O5S3. The molecule has 1 N–H and O–H groups in total. The average molecular weight is 565 g/mol. The van der Waals surface area contributed by atoms with E-state index in [9.17, 15) is 13.2 Å². The van der Waals surface area contributed by atoms with Crippen LogP contribution < -0.4 is 10.1 Å². The summed E-state index contributed by atoms with van der Waals surface area (Å²) in [6.07, 6.45) is 3.72. The topological polar surface area (TPSA) is 115 Å². The first-order valence-electron chi connectivity index (χ1n) is 12.0. The zero-order valence-electron chi connectivity index (χ0n) is 21.2. The number of oxazole rings is 1. The van der Waals surface area contributed by atoms with E-state index in [0.29, 0.717) is 48.8 Å². The molecule has 0 saturated carbocycles. The molecule has 200 valence electrons. The Labute approximate surface area is 225 Å². The Morgan fingerprint density at radius 2 is 2.00 bits per heavy atom. The molecule has 2 aromatic heterocycles. The molecular weight excluding hydrogens is 532 g/mol. The Hall–Kier alpha value is -2.41. The third-order valence-electron chi connectivity index (χ3n) is 5.74. The van der Waals surface area contributed by atoms with E-state index in [4.69, 9.17) is 9.15 Å². The molecule has 1 amide bonds. The van der Waals surface area contributed by atoms with Crippen molar-refractivity contribution < 1.29 is 22.4 Å². The lowest BCUT2D eigenvalue weighted by Crippen LogP contribution is -2.42. The standard InChI is InChI=1S/C25H32N4O5S3/c1-25(2,3)20-15-26-22(34-20)17-35-23-16-27-24(36-23)28-21(30)14-18-5-4-6-19(13-18)33-10-7-29-8-11-37(31,32)12-9-29/h4-6,13,15-16H,7-12,14,17H2,1-3H3,(H,27,28,30). The minimum Gasteiger partial charge on any atom is -0.492 e. The molecule has 0 atom stereocenters. The summed E-state index contributed by atoms with van der Waals surface area (Å²) in [5.74, 6) is 3.06. The van der Waals surface area contributed by atoms with Gasteiger partial charge in [0, 0.05) is 25.0 Å². The molecule has 1 fully saturated rings. The quantitative estimate of drug-likeness (QED) is 0.365. The molecule has 1 saturated heterocycles. The van der Waals surface area contributed by atoms with Crippen LogP contribution in [0.1, 0.15) is 38.0 Å². The molecule has 4 rings (SSSR count). The average Bonchev–Trinajstić information content (AvgIpc) is 3.48. The Morgan fingerprint density at radius 3 is 2.73 bits per heavy atom. The van der Waals surface area contributed by atoms with Crippen LogP contribution in [0.25, 0.3) is 0 Å². The van der Waals surface area contributed by atoms with E-state index < -0.39 is 9.84 Å². The minimum atomic E-state index is -2.88. The summed E-state index contributed by atoms with van der Waals surface area (Å²) in [6, 6.07) is 7.45. The van der Waals surface area contributed by atoms with Crippen molar-refractivity contribution in [3.63, 3.8) is 0 Å². The predicted molar refractivity (Wildman–Crippen MR) is 146 cm³/mol. The lowest BCUT2D eigenvalue weighted by atomic mass is 9.94. The second-order valence-electron chi connectivity index (χ2n) is 9.86. The molecule has 1 aliphatic heterocycles. The number of benzene rings is 1. The highest BCUT2D eigenvalue weighted by atomic mass is 32.2. The van der Waals surface area contributed by atoms with Crippen LogP contribution in [0.3, 0.4) is 0 Å². The van der Waals surface area contributed by atoms with Crippen LogP contribution in [-0.4, -0.2) is 66.9 Å².